The van der Waals surface area contributed by atoms with Gasteiger partial charge in [-0.15, -0.1) is 0 Å². The van der Waals surface area contributed by atoms with Crippen LogP contribution in [0.25, 0.3) is 0 Å². The highest BCUT2D eigenvalue weighted by molar-refractivity contribution is 5.57. The lowest BCUT2D eigenvalue weighted by Gasteiger charge is -2.18. The zero-order valence-corrected chi connectivity index (χ0v) is 11.4. The number of halogens is 3. The van der Waals surface area contributed by atoms with Crippen molar-refractivity contribution < 1.29 is 13.2 Å². The van der Waals surface area contributed by atoms with E-state index in [9.17, 15) is 13.2 Å². The van der Waals surface area contributed by atoms with Gasteiger partial charge in [0.2, 0.25) is 0 Å². The molecule has 0 bridgehead atoms. The van der Waals surface area contributed by atoms with Gasteiger partial charge in [0.1, 0.15) is 0 Å². The predicted octanol–water partition coefficient (Wildman–Crippen LogP) is 3.48. The first kappa shape index (κ1) is 14.9. The minimum absolute atomic E-state index is 0.0260. The molecule has 0 amide bonds. The Bertz CT molecular complexity index is 682. The quantitative estimate of drug-likeness (QED) is 0.942. The van der Waals surface area contributed by atoms with Crippen LogP contribution in [0.15, 0.2) is 30.6 Å². The van der Waals surface area contributed by atoms with Crippen LogP contribution in [0.1, 0.15) is 29.7 Å². The first-order valence-electron chi connectivity index (χ1n) is 6.17. The molecule has 1 N–H and O–H groups in total. The lowest BCUT2D eigenvalue weighted by atomic mass is 10.1. The van der Waals surface area contributed by atoms with Crippen LogP contribution in [0.2, 0.25) is 0 Å². The Balaban J connectivity index is 2.33. The monoisotopic (exact) mass is 294 g/mol. The van der Waals surface area contributed by atoms with Gasteiger partial charge >= 0.3 is 6.18 Å². The van der Waals surface area contributed by atoms with Crippen molar-refractivity contribution in [2.45, 2.75) is 19.1 Å². The van der Waals surface area contributed by atoms with Crippen LogP contribution in [-0.2, 0) is 13.2 Å². The summed E-state index contributed by atoms with van der Waals surface area (Å²) in [5.74, 6) is 0. The van der Waals surface area contributed by atoms with Crippen LogP contribution in [0, 0.1) is 11.3 Å². The van der Waals surface area contributed by atoms with E-state index in [1.165, 1.54) is 12.1 Å². The SMILES string of the molecule is CC(Nc1ccc(C#N)cc1C(F)(F)F)c1cnn(C)c1. The average molecular weight is 294 g/mol. The van der Waals surface area contributed by atoms with Crippen LogP contribution in [-0.4, -0.2) is 9.78 Å². The predicted molar refractivity (Wildman–Crippen MR) is 71.4 cm³/mol. The summed E-state index contributed by atoms with van der Waals surface area (Å²) in [6.07, 6.45) is -1.20. The third kappa shape index (κ3) is 3.34. The fourth-order valence-electron chi connectivity index (χ4n) is 1.95. The third-order valence-corrected chi connectivity index (χ3v) is 3.05. The molecule has 0 aliphatic heterocycles. The average Bonchev–Trinajstić information content (AvgIpc) is 2.84. The number of benzene rings is 1. The van der Waals surface area contributed by atoms with E-state index in [-0.39, 0.29) is 17.3 Å². The highest BCUT2D eigenvalue weighted by Gasteiger charge is 2.34. The molecule has 4 nitrogen and oxygen atoms in total. The number of alkyl halides is 3. The topological polar surface area (TPSA) is 53.6 Å². The van der Waals surface area contributed by atoms with Gasteiger partial charge in [-0.05, 0) is 25.1 Å². The van der Waals surface area contributed by atoms with E-state index in [4.69, 9.17) is 5.26 Å². The normalized spacial score (nSPS) is 12.8. The summed E-state index contributed by atoms with van der Waals surface area (Å²) in [6, 6.07) is 4.85. The lowest BCUT2D eigenvalue weighted by Crippen LogP contribution is -2.13. The molecule has 2 rings (SSSR count). The molecule has 7 heteroatoms. The summed E-state index contributed by atoms with van der Waals surface area (Å²) in [6.45, 7) is 1.75. The minimum atomic E-state index is -4.52. The van der Waals surface area contributed by atoms with Gasteiger partial charge in [0.25, 0.3) is 0 Å². The van der Waals surface area contributed by atoms with E-state index in [0.717, 1.165) is 11.6 Å². The zero-order chi connectivity index (χ0) is 15.6. The molecule has 0 aliphatic carbocycles. The van der Waals surface area contributed by atoms with Crippen molar-refractivity contribution in [3.63, 3.8) is 0 Å². The largest absolute Gasteiger partial charge is 0.418 e. The van der Waals surface area contributed by atoms with Gasteiger partial charge < -0.3 is 5.32 Å². The van der Waals surface area contributed by atoms with E-state index in [2.05, 4.69) is 10.4 Å². The molecule has 1 aromatic carbocycles. The second-order valence-electron chi connectivity index (χ2n) is 4.68. The molecule has 1 heterocycles. The number of hydrogen-bond acceptors (Lipinski definition) is 3. The Morgan fingerprint density at radius 3 is 2.62 bits per heavy atom. The Morgan fingerprint density at radius 1 is 1.38 bits per heavy atom. The number of aromatic nitrogens is 2. The van der Waals surface area contributed by atoms with E-state index in [1.54, 1.807) is 37.1 Å². The summed E-state index contributed by atoms with van der Waals surface area (Å²) in [5.41, 5.74) is -0.160. The van der Waals surface area contributed by atoms with Crippen molar-refractivity contribution in [3.05, 3.63) is 47.3 Å². The molecule has 110 valence electrons. The maximum absolute atomic E-state index is 13.1. The molecule has 1 aromatic heterocycles. The summed E-state index contributed by atoms with van der Waals surface area (Å²) in [7, 11) is 1.74. The number of nitrogens with zero attached hydrogens (tertiary/aromatic N) is 3. The van der Waals surface area contributed by atoms with Crippen molar-refractivity contribution in [1.29, 1.82) is 5.26 Å². The fraction of sp³-hybridized carbons (Fsp3) is 0.286. The van der Waals surface area contributed by atoms with Crippen molar-refractivity contribution in [3.8, 4) is 6.07 Å². The molecule has 1 unspecified atom stereocenters. The molecule has 0 saturated carbocycles. The molecule has 2 aromatic rings. The van der Waals surface area contributed by atoms with Crippen molar-refractivity contribution in [2.24, 2.45) is 7.05 Å². The van der Waals surface area contributed by atoms with Crippen LogP contribution >= 0.6 is 0 Å². The molecule has 1 atom stereocenters. The molecular weight excluding hydrogens is 281 g/mol. The number of nitrogens with one attached hydrogen (secondary N) is 1. The summed E-state index contributed by atoms with van der Waals surface area (Å²) in [5, 5.41) is 15.5. The molecule has 0 fully saturated rings. The number of aryl methyl sites for hydroxylation is 1. The summed E-state index contributed by atoms with van der Waals surface area (Å²) >= 11 is 0. The molecular formula is C14H13F3N4. The van der Waals surface area contributed by atoms with Gasteiger partial charge in [0.05, 0.1) is 29.4 Å². The smallest absolute Gasteiger partial charge is 0.378 e. The van der Waals surface area contributed by atoms with Crippen LogP contribution in [0.5, 0.6) is 0 Å². The zero-order valence-electron chi connectivity index (χ0n) is 11.4. The number of rotatable bonds is 3. The number of anilines is 1. The summed E-state index contributed by atoms with van der Waals surface area (Å²) in [4.78, 5) is 0. The van der Waals surface area contributed by atoms with Crippen LogP contribution in [0.4, 0.5) is 18.9 Å². The Hall–Kier alpha value is -2.49. The Kier molecular flexibility index (Phi) is 3.89. The highest BCUT2D eigenvalue weighted by Crippen LogP contribution is 2.36. The van der Waals surface area contributed by atoms with Gasteiger partial charge in [0.15, 0.2) is 0 Å². The van der Waals surface area contributed by atoms with Gasteiger partial charge in [-0.3, -0.25) is 4.68 Å². The third-order valence-electron chi connectivity index (χ3n) is 3.05. The molecule has 0 aliphatic rings. The molecule has 21 heavy (non-hydrogen) atoms. The van der Waals surface area contributed by atoms with E-state index in [1.807, 2.05) is 0 Å². The van der Waals surface area contributed by atoms with E-state index >= 15 is 0 Å². The lowest BCUT2D eigenvalue weighted by molar-refractivity contribution is -0.137. The van der Waals surface area contributed by atoms with Crippen molar-refractivity contribution in [1.82, 2.24) is 9.78 Å². The van der Waals surface area contributed by atoms with Gasteiger partial charge in [0, 0.05) is 24.5 Å². The Morgan fingerprint density at radius 2 is 2.10 bits per heavy atom. The summed E-state index contributed by atoms with van der Waals surface area (Å²) < 4.78 is 40.7. The standard InChI is InChI=1S/C14H13F3N4/c1-9(11-7-19-21(2)8-11)20-13-4-3-10(6-18)5-12(13)14(15,16)17/h3-5,7-9,20H,1-2H3. The van der Waals surface area contributed by atoms with Crippen molar-refractivity contribution in [2.75, 3.05) is 5.32 Å². The van der Waals surface area contributed by atoms with Gasteiger partial charge in [-0.2, -0.15) is 23.5 Å². The second-order valence-corrected chi connectivity index (χ2v) is 4.68. The second kappa shape index (κ2) is 5.48. The first-order chi connectivity index (χ1) is 9.81. The highest BCUT2D eigenvalue weighted by atomic mass is 19.4. The molecule has 0 radical (unpaired) electrons. The molecule has 0 saturated heterocycles. The maximum atomic E-state index is 13.1. The van der Waals surface area contributed by atoms with Gasteiger partial charge in [-0.25, -0.2) is 0 Å². The van der Waals surface area contributed by atoms with Gasteiger partial charge in [-0.1, -0.05) is 0 Å². The Labute approximate surface area is 119 Å². The first-order valence-corrected chi connectivity index (χ1v) is 6.17. The maximum Gasteiger partial charge on any atom is 0.418 e. The van der Waals surface area contributed by atoms with E-state index < -0.39 is 11.7 Å². The van der Waals surface area contributed by atoms with E-state index in [0.29, 0.717) is 0 Å². The number of hydrogen-bond donors (Lipinski definition) is 1. The van der Waals surface area contributed by atoms with Crippen molar-refractivity contribution >= 4 is 5.69 Å². The number of nitriles is 1. The molecule has 0 spiro atoms. The van der Waals surface area contributed by atoms with Crippen LogP contribution < -0.4 is 5.32 Å². The van der Waals surface area contributed by atoms with Crippen LogP contribution in [0.3, 0.4) is 0 Å². The minimum Gasteiger partial charge on any atom is -0.378 e. The fourth-order valence-corrected chi connectivity index (χ4v) is 1.95.